The smallest absolute Gasteiger partial charge is 0.148 e. The molecule has 0 saturated heterocycles. The third kappa shape index (κ3) is 2.08. The molecule has 12 heavy (non-hydrogen) atoms. The summed E-state index contributed by atoms with van der Waals surface area (Å²) in [5, 5.41) is 0.174. The zero-order valence-corrected chi connectivity index (χ0v) is 7.61. The van der Waals surface area contributed by atoms with Gasteiger partial charge in [0.1, 0.15) is 5.82 Å². The predicted octanol–water partition coefficient (Wildman–Crippen LogP) is 3.90. The standard InChI is InChI=1S/C10H10ClF/c1-2-3-5-8-6-4-7-9(11)10(8)12/h3-7H,2H2,1H3. The van der Waals surface area contributed by atoms with Crippen molar-refractivity contribution in [3.63, 3.8) is 0 Å². The van der Waals surface area contributed by atoms with Gasteiger partial charge >= 0.3 is 0 Å². The van der Waals surface area contributed by atoms with Gasteiger partial charge in [-0.2, -0.15) is 0 Å². The summed E-state index contributed by atoms with van der Waals surface area (Å²) in [5.74, 6) is -0.344. The molecule has 0 unspecified atom stereocenters. The second kappa shape index (κ2) is 4.27. The Balaban J connectivity index is 3.00. The van der Waals surface area contributed by atoms with Crippen LogP contribution in [0.5, 0.6) is 0 Å². The van der Waals surface area contributed by atoms with Gasteiger partial charge in [0.25, 0.3) is 0 Å². The van der Waals surface area contributed by atoms with E-state index in [9.17, 15) is 4.39 Å². The van der Waals surface area contributed by atoms with Crippen molar-refractivity contribution in [2.75, 3.05) is 0 Å². The molecule has 0 fully saturated rings. The molecule has 0 bridgehead atoms. The molecule has 0 heterocycles. The molecule has 1 rings (SSSR count). The Kier molecular flexibility index (Phi) is 3.30. The first-order chi connectivity index (χ1) is 5.75. The summed E-state index contributed by atoms with van der Waals surface area (Å²) < 4.78 is 13.1. The van der Waals surface area contributed by atoms with Crippen LogP contribution in [0.4, 0.5) is 4.39 Å². The first kappa shape index (κ1) is 9.27. The molecule has 64 valence electrons. The van der Waals surface area contributed by atoms with Crippen molar-refractivity contribution in [3.8, 4) is 0 Å². The lowest BCUT2D eigenvalue weighted by Crippen LogP contribution is -1.81. The predicted molar refractivity (Wildman–Crippen MR) is 50.7 cm³/mol. The maximum absolute atomic E-state index is 13.1. The Hall–Kier alpha value is -0.820. The van der Waals surface area contributed by atoms with Crippen LogP contribution in [-0.4, -0.2) is 0 Å². The van der Waals surface area contributed by atoms with Gasteiger partial charge in [0.2, 0.25) is 0 Å². The molecule has 0 aromatic heterocycles. The molecule has 0 aliphatic carbocycles. The molecule has 0 amide bonds. The number of rotatable bonds is 2. The molecule has 0 nitrogen and oxygen atoms in total. The minimum absolute atomic E-state index is 0.174. The summed E-state index contributed by atoms with van der Waals surface area (Å²) in [6.07, 6.45) is 4.53. The molecule has 2 heteroatoms. The highest BCUT2D eigenvalue weighted by Gasteiger charge is 2.01. The van der Waals surface area contributed by atoms with Crippen LogP contribution >= 0.6 is 11.6 Å². The van der Waals surface area contributed by atoms with Crippen LogP contribution < -0.4 is 0 Å². The number of hydrogen-bond donors (Lipinski definition) is 0. The van der Waals surface area contributed by atoms with E-state index in [0.29, 0.717) is 5.56 Å². The van der Waals surface area contributed by atoms with Crippen LogP contribution in [-0.2, 0) is 0 Å². The van der Waals surface area contributed by atoms with Crippen LogP contribution in [0.25, 0.3) is 6.08 Å². The van der Waals surface area contributed by atoms with Crippen molar-refractivity contribution < 1.29 is 4.39 Å². The molecule has 1 aromatic rings. The average molecular weight is 185 g/mol. The van der Waals surface area contributed by atoms with Gasteiger partial charge in [-0.1, -0.05) is 42.8 Å². The molecule has 0 aliphatic rings. The highest BCUT2D eigenvalue weighted by atomic mass is 35.5. The molecule has 0 aliphatic heterocycles. The van der Waals surface area contributed by atoms with Gasteiger partial charge in [-0.15, -0.1) is 0 Å². The summed E-state index contributed by atoms with van der Waals surface area (Å²) in [4.78, 5) is 0. The topological polar surface area (TPSA) is 0 Å². The minimum Gasteiger partial charge on any atom is -0.205 e. The van der Waals surface area contributed by atoms with Crippen molar-refractivity contribution in [1.29, 1.82) is 0 Å². The third-order valence-electron chi connectivity index (χ3n) is 1.51. The maximum atomic E-state index is 13.1. The van der Waals surface area contributed by atoms with Gasteiger partial charge < -0.3 is 0 Å². The van der Waals surface area contributed by atoms with Crippen molar-refractivity contribution in [2.45, 2.75) is 13.3 Å². The lowest BCUT2D eigenvalue weighted by atomic mass is 10.2. The second-order valence-electron chi connectivity index (χ2n) is 2.45. The van der Waals surface area contributed by atoms with Crippen LogP contribution in [0.15, 0.2) is 24.3 Å². The van der Waals surface area contributed by atoms with E-state index >= 15 is 0 Å². The van der Waals surface area contributed by atoms with Crippen molar-refractivity contribution in [2.24, 2.45) is 0 Å². The summed E-state index contributed by atoms with van der Waals surface area (Å²) in [7, 11) is 0. The fourth-order valence-electron chi connectivity index (χ4n) is 0.894. The summed E-state index contributed by atoms with van der Waals surface area (Å²) in [5.41, 5.74) is 0.546. The molecule has 0 spiro atoms. The molecule has 0 N–H and O–H groups in total. The Labute approximate surface area is 76.7 Å². The van der Waals surface area contributed by atoms with Gasteiger partial charge in [-0.25, -0.2) is 4.39 Å². The van der Waals surface area contributed by atoms with Crippen LogP contribution in [0.1, 0.15) is 18.9 Å². The van der Waals surface area contributed by atoms with Crippen LogP contribution in [0.3, 0.4) is 0 Å². The van der Waals surface area contributed by atoms with E-state index in [1.54, 1.807) is 24.3 Å². The van der Waals surface area contributed by atoms with Gasteiger partial charge in [0.05, 0.1) is 5.02 Å². The van der Waals surface area contributed by atoms with Gasteiger partial charge in [-0.05, 0) is 12.5 Å². The normalized spacial score (nSPS) is 10.9. The SMILES string of the molecule is CCC=Cc1cccc(Cl)c1F. The summed E-state index contributed by atoms with van der Waals surface area (Å²) >= 11 is 5.58. The number of halogens is 2. The van der Waals surface area contributed by atoms with E-state index in [4.69, 9.17) is 11.6 Å². The maximum Gasteiger partial charge on any atom is 0.148 e. The monoisotopic (exact) mass is 184 g/mol. The van der Waals surface area contributed by atoms with Gasteiger partial charge in [-0.3, -0.25) is 0 Å². The van der Waals surface area contributed by atoms with E-state index in [0.717, 1.165) is 6.42 Å². The quantitative estimate of drug-likeness (QED) is 0.654. The largest absolute Gasteiger partial charge is 0.205 e. The van der Waals surface area contributed by atoms with E-state index in [2.05, 4.69) is 0 Å². The molecule has 1 aromatic carbocycles. The third-order valence-corrected chi connectivity index (χ3v) is 1.81. The first-order valence-electron chi connectivity index (χ1n) is 3.86. The van der Waals surface area contributed by atoms with Crippen molar-refractivity contribution in [1.82, 2.24) is 0 Å². The molecule has 0 saturated carbocycles. The van der Waals surface area contributed by atoms with Crippen LogP contribution in [0, 0.1) is 5.82 Å². The fourth-order valence-corrected chi connectivity index (χ4v) is 1.08. The zero-order chi connectivity index (χ0) is 8.97. The number of allylic oxidation sites excluding steroid dienone is 1. The Morgan fingerprint density at radius 3 is 2.92 bits per heavy atom. The Morgan fingerprint density at radius 2 is 2.25 bits per heavy atom. The van der Waals surface area contributed by atoms with Gasteiger partial charge in [0.15, 0.2) is 0 Å². The zero-order valence-electron chi connectivity index (χ0n) is 6.85. The van der Waals surface area contributed by atoms with Crippen molar-refractivity contribution >= 4 is 17.7 Å². The summed E-state index contributed by atoms with van der Waals surface area (Å²) in [6.45, 7) is 2.00. The Bertz CT molecular complexity index is 292. The minimum atomic E-state index is -0.344. The lowest BCUT2D eigenvalue weighted by Gasteiger charge is -1.97. The second-order valence-corrected chi connectivity index (χ2v) is 2.86. The van der Waals surface area contributed by atoms with Crippen molar-refractivity contribution in [3.05, 3.63) is 40.7 Å². The van der Waals surface area contributed by atoms with E-state index in [1.807, 2.05) is 13.0 Å². The van der Waals surface area contributed by atoms with E-state index in [-0.39, 0.29) is 10.8 Å². The highest BCUT2D eigenvalue weighted by Crippen LogP contribution is 2.18. The first-order valence-corrected chi connectivity index (χ1v) is 4.24. The summed E-state index contributed by atoms with van der Waals surface area (Å²) in [6, 6.07) is 4.98. The number of benzene rings is 1. The molecular weight excluding hydrogens is 175 g/mol. The van der Waals surface area contributed by atoms with Crippen LogP contribution in [0.2, 0.25) is 5.02 Å². The molecular formula is C10H10ClF. The van der Waals surface area contributed by atoms with E-state index < -0.39 is 0 Å². The fraction of sp³-hybridized carbons (Fsp3) is 0.200. The highest BCUT2D eigenvalue weighted by molar-refractivity contribution is 6.30. The average Bonchev–Trinajstić information content (AvgIpc) is 2.08. The number of hydrogen-bond acceptors (Lipinski definition) is 0. The Morgan fingerprint density at radius 1 is 1.50 bits per heavy atom. The molecule has 0 atom stereocenters. The molecule has 0 radical (unpaired) electrons. The lowest BCUT2D eigenvalue weighted by molar-refractivity contribution is 0.625. The van der Waals surface area contributed by atoms with E-state index in [1.165, 1.54) is 0 Å². The van der Waals surface area contributed by atoms with Gasteiger partial charge in [0, 0.05) is 5.56 Å².